The normalized spacial score (nSPS) is 19.8. The fourth-order valence-electron chi connectivity index (χ4n) is 4.77. The summed E-state index contributed by atoms with van der Waals surface area (Å²) in [7, 11) is 0. The van der Waals surface area contributed by atoms with E-state index < -0.39 is 0 Å². The highest BCUT2D eigenvalue weighted by Crippen LogP contribution is 2.50. The number of anilines is 1. The Bertz CT molecular complexity index is 1050. The number of halogens is 1. The van der Waals surface area contributed by atoms with Gasteiger partial charge in [0, 0.05) is 21.7 Å². The molecule has 1 aliphatic heterocycles. The third-order valence-electron chi connectivity index (χ3n) is 5.97. The second-order valence-electron chi connectivity index (χ2n) is 8.68. The maximum absolute atomic E-state index is 13.3. The Hall–Kier alpha value is -2.78. The number of fused-ring (bicyclic) bond motifs is 1. The van der Waals surface area contributed by atoms with Gasteiger partial charge >= 0.3 is 0 Å². The van der Waals surface area contributed by atoms with Crippen LogP contribution in [0, 0.1) is 0 Å². The van der Waals surface area contributed by atoms with Gasteiger partial charge in [0.15, 0.2) is 6.61 Å². The van der Waals surface area contributed by atoms with Crippen LogP contribution in [0.15, 0.2) is 78.9 Å². The first-order chi connectivity index (χ1) is 14.3. The summed E-state index contributed by atoms with van der Waals surface area (Å²) in [6.07, 6.45) is 0.787. The summed E-state index contributed by atoms with van der Waals surface area (Å²) < 4.78 is 5.77. The smallest absolute Gasteiger partial charge is 0.265 e. The Morgan fingerprint density at radius 2 is 1.57 bits per heavy atom. The van der Waals surface area contributed by atoms with Crippen molar-refractivity contribution in [2.24, 2.45) is 0 Å². The summed E-state index contributed by atoms with van der Waals surface area (Å²) in [5, 5.41) is 0.723. The molecule has 1 unspecified atom stereocenters. The molecule has 0 saturated carbocycles. The molecule has 154 valence electrons. The van der Waals surface area contributed by atoms with Crippen LogP contribution in [-0.2, 0) is 10.2 Å². The van der Waals surface area contributed by atoms with Crippen molar-refractivity contribution in [2.45, 2.75) is 38.1 Å². The number of carbonyl (C=O) groups is 1. The minimum atomic E-state index is -0.389. The van der Waals surface area contributed by atoms with Gasteiger partial charge in [0.1, 0.15) is 5.75 Å². The monoisotopic (exact) mass is 419 g/mol. The number of hydrogen-bond acceptors (Lipinski definition) is 2. The van der Waals surface area contributed by atoms with Crippen molar-refractivity contribution >= 4 is 23.2 Å². The highest BCUT2D eigenvalue weighted by atomic mass is 35.5. The van der Waals surface area contributed by atoms with Crippen molar-refractivity contribution in [3.63, 3.8) is 0 Å². The first kappa shape index (κ1) is 20.5. The van der Waals surface area contributed by atoms with Crippen molar-refractivity contribution in [1.82, 2.24) is 0 Å². The SMILES string of the molecule is CC1(c2ccc(Cl)cc2)CC(C)(C)N(C(=O)COc2ccccc2)c2ccccc21. The van der Waals surface area contributed by atoms with Gasteiger partial charge in [-0.05, 0) is 61.7 Å². The summed E-state index contributed by atoms with van der Waals surface area (Å²) in [5.74, 6) is 0.648. The standard InChI is InChI=1S/C26H26ClNO2/c1-25(2)18-26(3,19-13-15-20(27)16-14-19)22-11-7-8-12-23(22)28(25)24(29)17-30-21-9-5-4-6-10-21/h4-16H,17-18H2,1-3H3. The number of ether oxygens (including phenoxy) is 1. The molecule has 1 heterocycles. The van der Waals surface area contributed by atoms with Crippen LogP contribution in [0.3, 0.4) is 0 Å². The van der Waals surface area contributed by atoms with E-state index in [1.165, 1.54) is 5.56 Å². The van der Waals surface area contributed by atoms with Crippen molar-refractivity contribution < 1.29 is 9.53 Å². The molecule has 0 radical (unpaired) electrons. The molecule has 0 fully saturated rings. The van der Waals surface area contributed by atoms with Gasteiger partial charge in [-0.15, -0.1) is 0 Å². The molecule has 4 rings (SSSR count). The Balaban J connectivity index is 1.71. The van der Waals surface area contributed by atoms with E-state index in [0.717, 1.165) is 22.7 Å². The van der Waals surface area contributed by atoms with Gasteiger partial charge in [0.05, 0.1) is 0 Å². The van der Waals surface area contributed by atoms with E-state index in [1.54, 1.807) is 0 Å². The van der Waals surface area contributed by atoms with Crippen LogP contribution in [0.1, 0.15) is 38.3 Å². The number of para-hydroxylation sites is 2. The van der Waals surface area contributed by atoms with E-state index in [2.05, 4.69) is 39.0 Å². The summed E-state index contributed by atoms with van der Waals surface area (Å²) in [4.78, 5) is 15.2. The first-order valence-corrected chi connectivity index (χ1v) is 10.6. The zero-order valence-electron chi connectivity index (χ0n) is 17.6. The van der Waals surface area contributed by atoms with E-state index in [-0.39, 0.29) is 23.5 Å². The predicted molar refractivity (Wildman–Crippen MR) is 122 cm³/mol. The van der Waals surface area contributed by atoms with Crippen LogP contribution in [0.5, 0.6) is 5.75 Å². The molecular formula is C26H26ClNO2. The van der Waals surface area contributed by atoms with Gasteiger partial charge in [-0.2, -0.15) is 0 Å². The molecular weight excluding hydrogens is 394 g/mol. The molecule has 30 heavy (non-hydrogen) atoms. The molecule has 4 heteroatoms. The van der Waals surface area contributed by atoms with Crippen molar-refractivity contribution in [2.75, 3.05) is 11.5 Å². The lowest BCUT2D eigenvalue weighted by Crippen LogP contribution is -2.57. The molecule has 0 bridgehead atoms. The lowest BCUT2D eigenvalue weighted by Gasteiger charge is -2.51. The lowest BCUT2D eigenvalue weighted by molar-refractivity contribution is -0.121. The number of benzene rings is 3. The van der Waals surface area contributed by atoms with Crippen molar-refractivity contribution in [3.05, 3.63) is 95.0 Å². The minimum absolute atomic E-state index is 0.000559. The van der Waals surface area contributed by atoms with Gasteiger partial charge in [-0.3, -0.25) is 4.79 Å². The summed E-state index contributed by atoms with van der Waals surface area (Å²) in [5.41, 5.74) is 2.65. The molecule has 0 aliphatic carbocycles. The van der Waals surface area contributed by atoms with Crippen LogP contribution in [-0.4, -0.2) is 18.1 Å². The fourth-order valence-corrected chi connectivity index (χ4v) is 4.90. The molecule has 0 N–H and O–H groups in total. The summed E-state index contributed by atoms with van der Waals surface area (Å²) in [6, 6.07) is 25.7. The average Bonchev–Trinajstić information content (AvgIpc) is 2.73. The van der Waals surface area contributed by atoms with E-state index in [4.69, 9.17) is 16.3 Å². The highest BCUT2D eigenvalue weighted by Gasteiger charge is 2.47. The molecule has 3 nitrogen and oxygen atoms in total. The maximum Gasteiger partial charge on any atom is 0.265 e. The largest absolute Gasteiger partial charge is 0.484 e. The number of rotatable bonds is 4. The molecule has 1 amide bonds. The summed E-state index contributed by atoms with van der Waals surface area (Å²) in [6.45, 7) is 6.49. The third kappa shape index (κ3) is 3.70. The molecule has 0 aromatic heterocycles. The molecule has 0 saturated heterocycles. The van der Waals surface area contributed by atoms with Crippen LogP contribution in [0.4, 0.5) is 5.69 Å². The quantitative estimate of drug-likeness (QED) is 0.500. The highest BCUT2D eigenvalue weighted by molar-refractivity contribution is 6.30. The lowest BCUT2D eigenvalue weighted by atomic mass is 9.65. The fraction of sp³-hybridized carbons (Fsp3) is 0.269. The Morgan fingerprint density at radius 1 is 0.933 bits per heavy atom. The van der Waals surface area contributed by atoms with Gasteiger partial charge in [0.25, 0.3) is 5.91 Å². The second kappa shape index (κ2) is 7.81. The van der Waals surface area contributed by atoms with Crippen molar-refractivity contribution in [1.29, 1.82) is 0 Å². The zero-order valence-corrected chi connectivity index (χ0v) is 18.3. The average molecular weight is 420 g/mol. The number of amides is 1. The molecule has 1 atom stereocenters. The summed E-state index contributed by atoms with van der Waals surface area (Å²) >= 11 is 6.14. The van der Waals surface area contributed by atoms with Gasteiger partial charge in [-0.25, -0.2) is 0 Å². The second-order valence-corrected chi connectivity index (χ2v) is 9.11. The van der Waals surface area contributed by atoms with Crippen LogP contribution >= 0.6 is 11.6 Å². The predicted octanol–water partition coefficient (Wildman–Crippen LogP) is 6.24. The van der Waals surface area contributed by atoms with Crippen molar-refractivity contribution in [3.8, 4) is 5.75 Å². The Labute approximate surface area is 183 Å². The first-order valence-electron chi connectivity index (χ1n) is 10.2. The topological polar surface area (TPSA) is 29.5 Å². The van der Waals surface area contributed by atoms with Crippen LogP contribution in [0.2, 0.25) is 5.02 Å². The third-order valence-corrected chi connectivity index (χ3v) is 6.22. The van der Waals surface area contributed by atoms with E-state index >= 15 is 0 Å². The molecule has 3 aromatic carbocycles. The maximum atomic E-state index is 13.3. The number of hydrogen-bond donors (Lipinski definition) is 0. The van der Waals surface area contributed by atoms with E-state index in [0.29, 0.717) is 5.75 Å². The molecule has 0 spiro atoms. The number of carbonyl (C=O) groups excluding carboxylic acids is 1. The zero-order chi connectivity index (χ0) is 21.4. The molecule has 3 aromatic rings. The Kier molecular flexibility index (Phi) is 5.33. The Morgan fingerprint density at radius 3 is 2.27 bits per heavy atom. The minimum Gasteiger partial charge on any atom is -0.484 e. The number of nitrogens with zero attached hydrogens (tertiary/aromatic N) is 1. The van der Waals surface area contributed by atoms with Crippen LogP contribution < -0.4 is 9.64 Å². The van der Waals surface area contributed by atoms with E-state index in [1.807, 2.05) is 65.6 Å². The van der Waals surface area contributed by atoms with Gasteiger partial charge in [0.2, 0.25) is 0 Å². The van der Waals surface area contributed by atoms with E-state index in [9.17, 15) is 4.79 Å². The van der Waals surface area contributed by atoms with Crippen LogP contribution in [0.25, 0.3) is 0 Å². The van der Waals surface area contributed by atoms with Gasteiger partial charge in [-0.1, -0.05) is 67.1 Å². The molecule has 1 aliphatic rings. The van der Waals surface area contributed by atoms with Gasteiger partial charge < -0.3 is 9.64 Å².